The zero-order valence-corrected chi connectivity index (χ0v) is 11.3. The molecule has 0 aromatic heterocycles. The number of hydrogen-bond donors (Lipinski definition) is 6. The molecular weight excluding hydrogens is 280 g/mol. The van der Waals surface area contributed by atoms with E-state index in [9.17, 15) is 15.0 Å². The first-order valence-electron chi connectivity index (χ1n) is 5.48. The lowest BCUT2D eigenvalue weighted by Crippen LogP contribution is -2.57. The summed E-state index contributed by atoms with van der Waals surface area (Å²) >= 11 is 3.68. The molecule has 0 aliphatic heterocycles. The van der Waals surface area contributed by atoms with Crippen LogP contribution in [0.2, 0.25) is 0 Å². The summed E-state index contributed by atoms with van der Waals surface area (Å²) < 4.78 is 9.93. The molecular formula is C10H20O8S. The van der Waals surface area contributed by atoms with Crippen molar-refractivity contribution in [3.8, 4) is 0 Å². The standard InChI is InChI=1S/C10H20O8S/c11-2-9(3-12,4-13)18-10(5-14,6-15)7-17-8(16)1-19/h11-15,19H,1-7H2. The fraction of sp³-hybridized carbons (Fsp3) is 0.900. The third-order valence-electron chi connectivity index (χ3n) is 2.50. The minimum atomic E-state index is -1.77. The number of esters is 1. The summed E-state index contributed by atoms with van der Waals surface area (Å²) in [5.41, 5.74) is -3.51. The Morgan fingerprint density at radius 3 is 1.63 bits per heavy atom. The van der Waals surface area contributed by atoms with Gasteiger partial charge in [0.15, 0.2) is 0 Å². The van der Waals surface area contributed by atoms with Crippen LogP contribution in [0.25, 0.3) is 0 Å². The van der Waals surface area contributed by atoms with Crippen molar-refractivity contribution in [3.05, 3.63) is 0 Å². The molecule has 0 spiro atoms. The second-order valence-electron chi connectivity index (χ2n) is 4.08. The summed E-state index contributed by atoms with van der Waals surface area (Å²) in [6.45, 7) is -4.25. The van der Waals surface area contributed by atoms with E-state index in [2.05, 4.69) is 12.6 Å². The van der Waals surface area contributed by atoms with Gasteiger partial charge >= 0.3 is 5.97 Å². The number of hydrogen-bond acceptors (Lipinski definition) is 9. The molecule has 114 valence electrons. The van der Waals surface area contributed by atoms with Crippen molar-refractivity contribution >= 4 is 18.6 Å². The summed E-state index contributed by atoms with van der Waals surface area (Å²) in [5.74, 6) is -0.890. The van der Waals surface area contributed by atoms with E-state index >= 15 is 0 Å². The Bertz CT molecular complexity index is 256. The highest BCUT2D eigenvalue weighted by Crippen LogP contribution is 2.21. The van der Waals surface area contributed by atoms with E-state index < -0.39 is 56.8 Å². The molecule has 0 unspecified atom stereocenters. The Balaban J connectivity index is 4.91. The molecule has 8 nitrogen and oxygen atoms in total. The topological polar surface area (TPSA) is 137 Å². The summed E-state index contributed by atoms with van der Waals surface area (Å²) in [6, 6.07) is 0. The predicted molar refractivity (Wildman–Crippen MR) is 66.8 cm³/mol. The van der Waals surface area contributed by atoms with Crippen molar-refractivity contribution in [1.29, 1.82) is 0 Å². The molecule has 0 bridgehead atoms. The molecule has 0 saturated carbocycles. The van der Waals surface area contributed by atoms with Crippen molar-refractivity contribution in [2.24, 2.45) is 0 Å². The van der Waals surface area contributed by atoms with Crippen molar-refractivity contribution in [2.75, 3.05) is 45.4 Å². The van der Waals surface area contributed by atoms with E-state index in [1.807, 2.05) is 0 Å². The van der Waals surface area contributed by atoms with Gasteiger partial charge in [-0.3, -0.25) is 4.79 Å². The lowest BCUT2D eigenvalue weighted by Gasteiger charge is -2.39. The Morgan fingerprint density at radius 1 is 0.895 bits per heavy atom. The lowest BCUT2D eigenvalue weighted by atomic mass is 10.0. The fourth-order valence-electron chi connectivity index (χ4n) is 1.20. The molecule has 0 aromatic carbocycles. The van der Waals surface area contributed by atoms with Crippen LogP contribution in [0, 0.1) is 0 Å². The minimum Gasteiger partial charge on any atom is -0.462 e. The van der Waals surface area contributed by atoms with Crippen LogP contribution in [0.3, 0.4) is 0 Å². The van der Waals surface area contributed by atoms with Crippen LogP contribution in [0.15, 0.2) is 0 Å². The molecule has 0 heterocycles. The number of carbonyl (C=O) groups is 1. The van der Waals surface area contributed by atoms with Gasteiger partial charge in [0.2, 0.25) is 0 Å². The van der Waals surface area contributed by atoms with E-state index in [-0.39, 0.29) is 5.75 Å². The third-order valence-corrected chi connectivity index (χ3v) is 2.76. The van der Waals surface area contributed by atoms with Crippen molar-refractivity contribution in [3.63, 3.8) is 0 Å². The van der Waals surface area contributed by atoms with Gasteiger partial charge in [0.05, 0.1) is 38.8 Å². The van der Waals surface area contributed by atoms with Gasteiger partial charge in [0.1, 0.15) is 17.8 Å². The molecule has 0 rings (SSSR count). The van der Waals surface area contributed by atoms with E-state index in [1.165, 1.54) is 0 Å². The minimum absolute atomic E-state index is 0.196. The summed E-state index contributed by atoms with van der Waals surface area (Å²) in [5, 5.41) is 45.9. The lowest BCUT2D eigenvalue weighted by molar-refractivity contribution is -0.242. The SMILES string of the molecule is O=C(CS)OCC(CO)(CO)OC(CO)(CO)CO. The van der Waals surface area contributed by atoms with Gasteiger partial charge in [-0.1, -0.05) is 0 Å². The molecule has 19 heavy (non-hydrogen) atoms. The number of carbonyl (C=O) groups excluding carboxylic acids is 1. The number of aliphatic hydroxyl groups is 5. The molecule has 9 heteroatoms. The van der Waals surface area contributed by atoms with Crippen LogP contribution in [0.4, 0.5) is 0 Å². The molecule has 0 atom stereocenters. The van der Waals surface area contributed by atoms with Crippen molar-refractivity contribution < 1.29 is 39.8 Å². The Morgan fingerprint density at radius 2 is 1.32 bits per heavy atom. The summed E-state index contributed by atoms with van der Waals surface area (Å²) in [4.78, 5) is 11.0. The van der Waals surface area contributed by atoms with Gasteiger partial charge in [0.25, 0.3) is 0 Å². The van der Waals surface area contributed by atoms with E-state index in [1.54, 1.807) is 0 Å². The van der Waals surface area contributed by atoms with E-state index in [0.29, 0.717) is 0 Å². The Kier molecular flexibility index (Phi) is 8.50. The monoisotopic (exact) mass is 300 g/mol. The average Bonchev–Trinajstić information content (AvgIpc) is 2.48. The third kappa shape index (κ3) is 5.22. The van der Waals surface area contributed by atoms with Gasteiger partial charge in [-0.2, -0.15) is 12.6 Å². The maximum absolute atomic E-state index is 11.0. The second kappa shape index (κ2) is 8.69. The predicted octanol–water partition coefficient (Wildman–Crippen LogP) is -3.08. The highest BCUT2D eigenvalue weighted by atomic mass is 32.1. The van der Waals surface area contributed by atoms with Crippen LogP contribution >= 0.6 is 12.6 Å². The molecule has 0 aliphatic rings. The molecule has 0 fully saturated rings. The second-order valence-corrected chi connectivity index (χ2v) is 4.39. The smallest absolute Gasteiger partial charge is 0.315 e. The van der Waals surface area contributed by atoms with Gasteiger partial charge < -0.3 is 35.0 Å². The quantitative estimate of drug-likeness (QED) is 0.184. The first kappa shape index (κ1) is 18.6. The molecule has 0 saturated heterocycles. The number of rotatable bonds is 10. The highest BCUT2D eigenvalue weighted by molar-refractivity contribution is 7.81. The zero-order chi connectivity index (χ0) is 14.9. The maximum atomic E-state index is 11.0. The van der Waals surface area contributed by atoms with Crippen molar-refractivity contribution in [2.45, 2.75) is 11.2 Å². The number of ether oxygens (including phenoxy) is 2. The van der Waals surface area contributed by atoms with Crippen LogP contribution in [0.1, 0.15) is 0 Å². The highest BCUT2D eigenvalue weighted by Gasteiger charge is 2.42. The molecule has 0 amide bonds. The van der Waals surface area contributed by atoms with E-state index in [0.717, 1.165) is 0 Å². The van der Waals surface area contributed by atoms with E-state index in [4.69, 9.17) is 24.8 Å². The molecule has 0 aromatic rings. The Labute approximate surface area is 116 Å². The van der Waals surface area contributed by atoms with Crippen LogP contribution in [-0.2, 0) is 14.3 Å². The van der Waals surface area contributed by atoms with Crippen molar-refractivity contribution in [1.82, 2.24) is 0 Å². The first-order valence-corrected chi connectivity index (χ1v) is 6.11. The van der Waals surface area contributed by atoms with Crippen LogP contribution in [-0.4, -0.2) is 88.1 Å². The maximum Gasteiger partial charge on any atom is 0.315 e. The normalized spacial score (nSPS) is 12.5. The first-order chi connectivity index (χ1) is 8.96. The average molecular weight is 300 g/mol. The van der Waals surface area contributed by atoms with Gasteiger partial charge in [-0.25, -0.2) is 0 Å². The fourth-order valence-corrected chi connectivity index (χ4v) is 1.29. The molecule has 5 N–H and O–H groups in total. The zero-order valence-electron chi connectivity index (χ0n) is 10.4. The van der Waals surface area contributed by atoms with Gasteiger partial charge in [-0.15, -0.1) is 0 Å². The van der Waals surface area contributed by atoms with Crippen LogP contribution in [0.5, 0.6) is 0 Å². The molecule has 0 aliphatic carbocycles. The van der Waals surface area contributed by atoms with Gasteiger partial charge in [-0.05, 0) is 0 Å². The van der Waals surface area contributed by atoms with Gasteiger partial charge in [0, 0.05) is 0 Å². The summed E-state index contributed by atoms with van der Waals surface area (Å²) in [7, 11) is 0. The number of aliphatic hydroxyl groups excluding tert-OH is 5. The molecule has 0 radical (unpaired) electrons. The largest absolute Gasteiger partial charge is 0.462 e. The Hall–Kier alpha value is -0.420. The summed E-state index contributed by atoms with van der Waals surface area (Å²) in [6.07, 6.45) is 0. The van der Waals surface area contributed by atoms with Crippen LogP contribution < -0.4 is 0 Å². The number of thiol groups is 1.